The zero-order valence-electron chi connectivity index (χ0n) is 14.6. The van der Waals surface area contributed by atoms with Crippen molar-refractivity contribution < 1.29 is 14.0 Å². The summed E-state index contributed by atoms with van der Waals surface area (Å²) in [6, 6.07) is 5.83. The topological polar surface area (TPSA) is 114 Å². The minimum Gasteiger partial charge on any atom is -0.423 e. The fraction of sp³-hybridized carbons (Fsp3) is 0.389. The van der Waals surface area contributed by atoms with Crippen molar-refractivity contribution in [1.29, 1.82) is 0 Å². The van der Waals surface area contributed by atoms with E-state index in [0.29, 0.717) is 17.7 Å². The third-order valence-corrected chi connectivity index (χ3v) is 4.22. The van der Waals surface area contributed by atoms with E-state index in [9.17, 15) is 14.4 Å². The molecule has 0 bridgehead atoms. The van der Waals surface area contributed by atoms with Gasteiger partial charge in [0.05, 0.1) is 6.54 Å². The Morgan fingerprint density at radius 3 is 2.64 bits per heavy atom. The van der Waals surface area contributed by atoms with Crippen LogP contribution in [-0.2, 0) is 9.59 Å². The summed E-state index contributed by atoms with van der Waals surface area (Å²) in [5.74, 6) is -0.790. The van der Waals surface area contributed by atoms with E-state index < -0.39 is 11.7 Å². The number of nitrogens with one attached hydrogen (secondary N) is 2. The number of nitrogens with two attached hydrogens (primary N) is 1. The number of benzene rings is 1. The van der Waals surface area contributed by atoms with Gasteiger partial charge in [-0.05, 0) is 30.5 Å². The number of anilines is 1. The summed E-state index contributed by atoms with van der Waals surface area (Å²) in [6.07, 6.45) is 0.717. The highest BCUT2D eigenvalue weighted by atomic mass is 16.4. The molecule has 0 unspecified atom stereocenters. The van der Waals surface area contributed by atoms with E-state index in [1.807, 2.05) is 20.8 Å². The van der Waals surface area contributed by atoms with E-state index in [4.69, 9.17) is 10.2 Å². The lowest BCUT2D eigenvalue weighted by Gasteiger charge is -2.23. The summed E-state index contributed by atoms with van der Waals surface area (Å²) in [5.41, 5.74) is 6.56. The Morgan fingerprint density at radius 2 is 2.00 bits per heavy atom. The van der Waals surface area contributed by atoms with Crippen molar-refractivity contribution >= 4 is 28.5 Å². The van der Waals surface area contributed by atoms with Crippen LogP contribution >= 0.6 is 0 Å². The lowest BCUT2D eigenvalue weighted by Crippen LogP contribution is -2.49. The average Bonchev–Trinajstić information content (AvgIpc) is 2.58. The van der Waals surface area contributed by atoms with Crippen LogP contribution in [0, 0.1) is 12.8 Å². The van der Waals surface area contributed by atoms with Gasteiger partial charge in [0, 0.05) is 23.2 Å². The van der Waals surface area contributed by atoms with Gasteiger partial charge < -0.3 is 20.8 Å². The second-order valence-corrected chi connectivity index (χ2v) is 6.08. The van der Waals surface area contributed by atoms with Crippen molar-refractivity contribution in [3.63, 3.8) is 0 Å². The smallest absolute Gasteiger partial charge is 0.336 e. The van der Waals surface area contributed by atoms with E-state index in [-0.39, 0.29) is 24.3 Å². The largest absolute Gasteiger partial charge is 0.423 e. The molecule has 1 aromatic heterocycles. The standard InChI is InChI=1S/C18H23N3O4/c1-4-10(2)17(21-15(22)9-19)18(24)20-12-5-6-13-11(3)7-16(23)25-14(13)8-12/h5-8,10,17H,4,9,19H2,1-3H3,(H,20,24)(H,21,22)/t10-,17-/m0/s1. The number of fused-ring (bicyclic) bond motifs is 1. The van der Waals surface area contributed by atoms with Crippen molar-refractivity contribution in [3.8, 4) is 0 Å². The molecule has 7 nitrogen and oxygen atoms in total. The zero-order valence-corrected chi connectivity index (χ0v) is 14.6. The normalized spacial score (nSPS) is 13.3. The van der Waals surface area contributed by atoms with Crippen LogP contribution < -0.4 is 22.0 Å². The summed E-state index contributed by atoms with van der Waals surface area (Å²) in [5, 5.41) is 6.20. The zero-order chi connectivity index (χ0) is 18.6. The summed E-state index contributed by atoms with van der Waals surface area (Å²) < 4.78 is 5.18. The molecular weight excluding hydrogens is 322 g/mol. The molecule has 1 aromatic carbocycles. The number of hydrogen-bond acceptors (Lipinski definition) is 5. The molecule has 0 aliphatic carbocycles. The minimum absolute atomic E-state index is 0.0591. The van der Waals surface area contributed by atoms with Gasteiger partial charge in [0.25, 0.3) is 0 Å². The molecule has 2 aromatic rings. The van der Waals surface area contributed by atoms with Crippen molar-refractivity contribution in [2.45, 2.75) is 33.2 Å². The van der Waals surface area contributed by atoms with Crippen LogP contribution in [0.25, 0.3) is 11.0 Å². The van der Waals surface area contributed by atoms with Gasteiger partial charge in [-0.1, -0.05) is 20.3 Å². The van der Waals surface area contributed by atoms with Crippen LogP contribution in [0.1, 0.15) is 25.8 Å². The number of carbonyl (C=O) groups is 2. The Morgan fingerprint density at radius 1 is 1.28 bits per heavy atom. The Kier molecular flexibility index (Phi) is 5.93. The molecule has 0 aliphatic heterocycles. The highest BCUT2D eigenvalue weighted by molar-refractivity contribution is 5.99. The summed E-state index contributed by atoms with van der Waals surface area (Å²) in [4.78, 5) is 35.7. The molecule has 0 saturated heterocycles. The van der Waals surface area contributed by atoms with Gasteiger partial charge in [-0.3, -0.25) is 9.59 Å². The van der Waals surface area contributed by atoms with Crippen LogP contribution in [0.3, 0.4) is 0 Å². The lowest BCUT2D eigenvalue weighted by atomic mass is 9.98. The molecule has 0 radical (unpaired) electrons. The third-order valence-electron chi connectivity index (χ3n) is 4.22. The van der Waals surface area contributed by atoms with Gasteiger partial charge >= 0.3 is 5.63 Å². The summed E-state index contributed by atoms with van der Waals surface area (Å²) >= 11 is 0. The van der Waals surface area contributed by atoms with Crippen molar-refractivity contribution in [2.24, 2.45) is 11.7 Å². The van der Waals surface area contributed by atoms with Crippen LogP contribution in [0.5, 0.6) is 0 Å². The number of hydrogen-bond donors (Lipinski definition) is 3. The maximum absolute atomic E-state index is 12.6. The Balaban J connectivity index is 2.26. The minimum atomic E-state index is -0.693. The van der Waals surface area contributed by atoms with E-state index in [2.05, 4.69) is 10.6 Å². The molecule has 134 valence electrons. The number of aryl methyl sites for hydroxylation is 1. The van der Waals surface area contributed by atoms with Gasteiger partial charge in [0.2, 0.25) is 11.8 Å². The molecule has 0 saturated carbocycles. The first-order valence-electron chi connectivity index (χ1n) is 8.20. The molecule has 25 heavy (non-hydrogen) atoms. The SMILES string of the molecule is CC[C@H](C)[C@H](NC(=O)CN)C(=O)Nc1ccc2c(C)cc(=O)oc2c1. The molecular formula is C18H23N3O4. The van der Waals surface area contributed by atoms with Crippen LogP contribution in [0.15, 0.2) is 33.5 Å². The second-order valence-electron chi connectivity index (χ2n) is 6.08. The molecule has 0 spiro atoms. The first kappa shape index (κ1) is 18.7. The number of carbonyl (C=O) groups excluding carboxylic acids is 2. The summed E-state index contributed by atoms with van der Waals surface area (Å²) in [7, 11) is 0. The molecule has 4 N–H and O–H groups in total. The molecule has 2 amide bonds. The first-order valence-corrected chi connectivity index (χ1v) is 8.20. The van der Waals surface area contributed by atoms with Gasteiger partial charge in [-0.25, -0.2) is 4.79 Å². The molecule has 7 heteroatoms. The molecule has 2 rings (SSSR count). The van der Waals surface area contributed by atoms with Crippen molar-refractivity contribution in [3.05, 3.63) is 40.2 Å². The second kappa shape index (κ2) is 7.94. The maximum Gasteiger partial charge on any atom is 0.336 e. The third kappa shape index (κ3) is 4.45. The van der Waals surface area contributed by atoms with Crippen molar-refractivity contribution in [1.82, 2.24) is 5.32 Å². The van der Waals surface area contributed by atoms with Crippen LogP contribution in [0.2, 0.25) is 0 Å². The van der Waals surface area contributed by atoms with E-state index >= 15 is 0 Å². The number of rotatable bonds is 6. The molecule has 1 heterocycles. The molecule has 0 aliphatic rings. The highest BCUT2D eigenvalue weighted by Crippen LogP contribution is 2.21. The van der Waals surface area contributed by atoms with E-state index in [0.717, 1.165) is 10.9 Å². The Hall–Kier alpha value is -2.67. The Labute approximate surface area is 145 Å². The van der Waals surface area contributed by atoms with E-state index in [1.165, 1.54) is 6.07 Å². The van der Waals surface area contributed by atoms with Crippen molar-refractivity contribution in [2.75, 3.05) is 11.9 Å². The maximum atomic E-state index is 12.6. The highest BCUT2D eigenvalue weighted by Gasteiger charge is 2.25. The lowest BCUT2D eigenvalue weighted by molar-refractivity contribution is -0.126. The monoisotopic (exact) mass is 345 g/mol. The van der Waals surface area contributed by atoms with E-state index in [1.54, 1.807) is 18.2 Å². The van der Waals surface area contributed by atoms with Gasteiger partial charge in [-0.15, -0.1) is 0 Å². The van der Waals surface area contributed by atoms with Gasteiger partial charge in [0.15, 0.2) is 0 Å². The Bertz CT molecular complexity index is 844. The fourth-order valence-electron chi connectivity index (χ4n) is 2.56. The van der Waals surface area contributed by atoms with Gasteiger partial charge in [0.1, 0.15) is 11.6 Å². The molecule has 0 fully saturated rings. The summed E-state index contributed by atoms with van der Waals surface area (Å²) in [6.45, 7) is 5.45. The predicted octanol–water partition coefficient (Wildman–Crippen LogP) is 1.53. The fourth-order valence-corrected chi connectivity index (χ4v) is 2.56. The quantitative estimate of drug-likeness (QED) is 0.687. The first-order chi connectivity index (χ1) is 11.8. The predicted molar refractivity (Wildman–Crippen MR) is 96.3 cm³/mol. The van der Waals surface area contributed by atoms with Gasteiger partial charge in [-0.2, -0.15) is 0 Å². The molecule has 2 atom stereocenters. The van der Waals surface area contributed by atoms with Crippen LogP contribution in [-0.4, -0.2) is 24.4 Å². The van der Waals surface area contributed by atoms with Crippen LogP contribution in [0.4, 0.5) is 5.69 Å². The average molecular weight is 345 g/mol. The number of amides is 2.